The lowest BCUT2D eigenvalue weighted by Gasteiger charge is -2.01. The second kappa shape index (κ2) is 3.64. The van der Waals surface area contributed by atoms with Crippen molar-refractivity contribution < 1.29 is 5.11 Å². The predicted molar refractivity (Wildman–Crippen MR) is 55.0 cm³/mol. The number of aliphatic hydroxyl groups is 1. The number of nitrogens with zero attached hydrogens (tertiary/aromatic N) is 2. The van der Waals surface area contributed by atoms with Crippen LogP contribution in [0.2, 0.25) is 0 Å². The average molecular weight is 188 g/mol. The molecule has 2 aromatic rings. The molecule has 0 aliphatic carbocycles. The molecule has 3 nitrogen and oxygen atoms in total. The maximum Gasteiger partial charge on any atom is 0.137 e. The number of hydrogen-bond donors (Lipinski definition) is 1. The van der Waals surface area contributed by atoms with E-state index in [0.29, 0.717) is 12.1 Å². The van der Waals surface area contributed by atoms with Gasteiger partial charge in [-0.25, -0.2) is 4.98 Å². The van der Waals surface area contributed by atoms with Crippen LogP contribution in [0.15, 0.2) is 43.2 Å². The molecule has 2 rings (SSSR count). The minimum absolute atomic E-state index is 0.532. The van der Waals surface area contributed by atoms with Crippen LogP contribution in [0.1, 0.15) is 18.2 Å². The van der Waals surface area contributed by atoms with Crippen LogP contribution in [-0.4, -0.2) is 14.5 Å². The van der Waals surface area contributed by atoms with E-state index < -0.39 is 6.10 Å². The van der Waals surface area contributed by atoms with Gasteiger partial charge in [0.05, 0.1) is 5.69 Å². The standard InChI is InChI=1S/C11H12N2O/c1-2-5-10(14)9-8-13-7-4-3-6-11(13)12-9/h2-4,6-8,10,14H,1,5H2. The van der Waals surface area contributed by atoms with Crippen molar-refractivity contribution in [2.24, 2.45) is 0 Å². The van der Waals surface area contributed by atoms with E-state index in [9.17, 15) is 5.11 Å². The summed E-state index contributed by atoms with van der Waals surface area (Å²) in [5.41, 5.74) is 1.54. The molecular formula is C11H12N2O. The second-order valence-corrected chi connectivity index (χ2v) is 3.17. The molecule has 1 atom stereocenters. The summed E-state index contributed by atoms with van der Waals surface area (Å²) in [6, 6.07) is 5.76. The van der Waals surface area contributed by atoms with Gasteiger partial charge >= 0.3 is 0 Å². The summed E-state index contributed by atoms with van der Waals surface area (Å²) in [5.74, 6) is 0. The van der Waals surface area contributed by atoms with E-state index in [1.807, 2.05) is 35.0 Å². The summed E-state index contributed by atoms with van der Waals surface area (Å²) in [6.07, 6.45) is 5.42. The third kappa shape index (κ3) is 1.54. The van der Waals surface area contributed by atoms with Crippen LogP contribution in [0.25, 0.3) is 5.65 Å². The van der Waals surface area contributed by atoms with E-state index in [1.54, 1.807) is 6.08 Å². The van der Waals surface area contributed by atoms with E-state index >= 15 is 0 Å². The Bertz CT molecular complexity index is 414. The quantitative estimate of drug-likeness (QED) is 0.747. The molecule has 1 unspecified atom stereocenters. The first kappa shape index (κ1) is 8.97. The average Bonchev–Trinajstić information content (AvgIpc) is 2.61. The maximum absolute atomic E-state index is 9.67. The van der Waals surface area contributed by atoms with Gasteiger partial charge in [0.25, 0.3) is 0 Å². The first-order valence-corrected chi connectivity index (χ1v) is 4.54. The lowest BCUT2D eigenvalue weighted by molar-refractivity contribution is 0.177. The number of rotatable bonds is 3. The monoisotopic (exact) mass is 188 g/mol. The lowest BCUT2D eigenvalue weighted by atomic mass is 10.2. The fourth-order valence-electron chi connectivity index (χ4n) is 1.39. The van der Waals surface area contributed by atoms with Gasteiger partial charge < -0.3 is 9.51 Å². The van der Waals surface area contributed by atoms with Crippen molar-refractivity contribution in [3.05, 3.63) is 48.9 Å². The Labute approximate surface area is 82.3 Å². The number of aromatic nitrogens is 2. The number of aliphatic hydroxyl groups excluding tert-OH is 1. The van der Waals surface area contributed by atoms with Crippen LogP contribution in [0.4, 0.5) is 0 Å². The topological polar surface area (TPSA) is 37.5 Å². The molecule has 0 aliphatic heterocycles. The zero-order valence-corrected chi connectivity index (χ0v) is 7.80. The molecular weight excluding hydrogens is 176 g/mol. The van der Waals surface area contributed by atoms with Gasteiger partial charge in [-0.1, -0.05) is 12.1 Å². The first-order valence-electron chi connectivity index (χ1n) is 4.54. The van der Waals surface area contributed by atoms with Gasteiger partial charge in [-0.05, 0) is 18.6 Å². The Balaban J connectivity index is 2.39. The Morgan fingerprint density at radius 2 is 2.43 bits per heavy atom. The molecule has 0 saturated heterocycles. The van der Waals surface area contributed by atoms with Crippen LogP contribution < -0.4 is 0 Å². The van der Waals surface area contributed by atoms with Crippen molar-refractivity contribution in [1.29, 1.82) is 0 Å². The van der Waals surface area contributed by atoms with E-state index in [-0.39, 0.29) is 0 Å². The predicted octanol–water partition coefficient (Wildman–Crippen LogP) is 1.94. The van der Waals surface area contributed by atoms with Gasteiger partial charge in [0, 0.05) is 12.4 Å². The molecule has 14 heavy (non-hydrogen) atoms. The highest BCUT2D eigenvalue weighted by Crippen LogP contribution is 2.16. The molecule has 0 fully saturated rings. The van der Waals surface area contributed by atoms with E-state index in [0.717, 1.165) is 5.65 Å². The Morgan fingerprint density at radius 3 is 3.14 bits per heavy atom. The summed E-state index contributed by atoms with van der Waals surface area (Å²) in [4.78, 5) is 4.30. The van der Waals surface area contributed by atoms with Crippen LogP contribution in [0.5, 0.6) is 0 Å². The Kier molecular flexibility index (Phi) is 2.33. The maximum atomic E-state index is 9.67. The molecule has 0 aliphatic rings. The highest BCUT2D eigenvalue weighted by atomic mass is 16.3. The molecule has 0 spiro atoms. The Hall–Kier alpha value is -1.61. The highest BCUT2D eigenvalue weighted by Gasteiger charge is 2.09. The summed E-state index contributed by atoms with van der Waals surface area (Å²) < 4.78 is 1.89. The van der Waals surface area contributed by atoms with Gasteiger partial charge in [0.15, 0.2) is 0 Å². The third-order valence-corrected chi connectivity index (χ3v) is 2.11. The summed E-state index contributed by atoms with van der Waals surface area (Å²) in [6.45, 7) is 3.59. The number of hydrogen-bond acceptors (Lipinski definition) is 2. The zero-order valence-electron chi connectivity index (χ0n) is 7.80. The third-order valence-electron chi connectivity index (χ3n) is 2.11. The van der Waals surface area contributed by atoms with Gasteiger partial charge in [-0.3, -0.25) is 0 Å². The SMILES string of the molecule is C=CCC(O)c1cn2ccccc2n1. The van der Waals surface area contributed by atoms with Crippen LogP contribution in [0, 0.1) is 0 Å². The molecule has 2 heterocycles. The minimum Gasteiger partial charge on any atom is -0.386 e. The Morgan fingerprint density at radius 1 is 1.57 bits per heavy atom. The van der Waals surface area contributed by atoms with Crippen molar-refractivity contribution in [3.63, 3.8) is 0 Å². The van der Waals surface area contributed by atoms with Crippen molar-refractivity contribution in [2.45, 2.75) is 12.5 Å². The number of imidazole rings is 1. The van der Waals surface area contributed by atoms with Crippen LogP contribution >= 0.6 is 0 Å². The second-order valence-electron chi connectivity index (χ2n) is 3.17. The van der Waals surface area contributed by atoms with Crippen molar-refractivity contribution in [1.82, 2.24) is 9.38 Å². The van der Waals surface area contributed by atoms with E-state index in [1.165, 1.54) is 0 Å². The van der Waals surface area contributed by atoms with Crippen molar-refractivity contribution >= 4 is 5.65 Å². The van der Waals surface area contributed by atoms with E-state index in [2.05, 4.69) is 11.6 Å². The molecule has 1 N–H and O–H groups in total. The summed E-state index contributed by atoms with van der Waals surface area (Å²) >= 11 is 0. The molecule has 0 amide bonds. The minimum atomic E-state index is -0.549. The molecule has 0 aromatic carbocycles. The summed E-state index contributed by atoms with van der Waals surface area (Å²) in [7, 11) is 0. The first-order chi connectivity index (χ1) is 6.81. The van der Waals surface area contributed by atoms with Crippen LogP contribution in [0.3, 0.4) is 0 Å². The lowest BCUT2D eigenvalue weighted by Crippen LogP contribution is -1.94. The van der Waals surface area contributed by atoms with Crippen molar-refractivity contribution in [2.75, 3.05) is 0 Å². The molecule has 0 saturated carbocycles. The number of pyridine rings is 1. The zero-order chi connectivity index (χ0) is 9.97. The van der Waals surface area contributed by atoms with Gasteiger partial charge in [0.1, 0.15) is 11.8 Å². The fraction of sp³-hybridized carbons (Fsp3) is 0.182. The smallest absolute Gasteiger partial charge is 0.137 e. The molecule has 0 bridgehead atoms. The summed E-state index contributed by atoms with van der Waals surface area (Å²) in [5, 5.41) is 9.67. The molecule has 2 aromatic heterocycles. The largest absolute Gasteiger partial charge is 0.386 e. The van der Waals surface area contributed by atoms with Gasteiger partial charge in [-0.15, -0.1) is 6.58 Å². The van der Waals surface area contributed by atoms with Gasteiger partial charge in [-0.2, -0.15) is 0 Å². The number of fused-ring (bicyclic) bond motifs is 1. The van der Waals surface area contributed by atoms with Crippen LogP contribution in [-0.2, 0) is 0 Å². The molecule has 0 radical (unpaired) electrons. The van der Waals surface area contributed by atoms with Crippen molar-refractivity contribution in [3.8, 4) is 0 Å². The van der Waals surface area contributed by atoms with E-state index in [4.69, 9.17) is 0 Å². The fourth-order valence-corrected chi connectivity index (χ4v) is 1.39. The normalized spacial score (nSPS) is 12.9. The van der Waals surface area contributed by atoms with Gasteiger partial charge in [0.2, 0.25) is 0 Å². The highest BCUT2D eigenvalue weighted by molar-refractivity contribution is 5.39. The molecule has 3 heteroatoms. The molecule has 72 valence electrons.